The second-order valence-electron chi connectivity index (χ2n) is 9.25. The molecular formula is C29H33NO5. The zero-order valence-electron chi connectivity index (χ0n) is 21.0. The highest BCUT2D eigenvalue weighted by atomic mass is 16.5. The number of rotatable bonds is 7. The van der Waals surface area contributed by atoms with Crippen molar-refractivity contribution in [2.75, 3.05) is 13.7 Å². The van der Waals surface area contributed by atoms with Crippen LogP contribution in [-0.2, 0) is 14.3 Å². The Kier molecular flexibility index (Phi) is 7.29. The molecule has 2 aromatic rings. The largest absolute Gasteiger partial charge is 0.497 e. The molecule has 0 amide bonds. The van der Waals surface area contributed by atoms with Gasteiger partial charge in [0.1, 0.15) is 11.5 Å². The van der Waals surface area contributed by atoms with E-state index in [0.717, 1.165) is 34.0 Å². The molecule has 0 radical (unpaired) electrons. The molecular weight excluding hydrogens is 442 g/mol. The molecule has 2 atom stereocenters. The number of hydrogen-bond donors (Lipinski definition) is 1. The van der Waals surface area contributed by atoms with Gasteiger partial charge >= 0.3 is 5.97 Å². The van der Waals surface area contributed by atoms with Crippen molar-refractivity contribution in [1.82, 2.24) is 5.32 Å². The number of allylic oxidation sites excluding steroid dienone is 3. The first-order valence-electron chi connectivity index (χ1n) is 12.1. The summed E-state index contributed by atoms with van der Waals surface area (Å²) in [5.74, 6) is 0.742. The maximum atomic E-state index is 13.7. The van der Waals surface area contributed by atoms with Gasteiger partial charge in [0.25, 0.3) is 0 Å². The Bertz CT molecular complexity index is 1160. The Hall–Kier alpha value is -3.54. The third kappa shape index (κ3) is 5.11. The van der Waals surface area contributed by atoms with Crippen LogP contribution < -0.4 is 14.8 Å². The van der Waals surface area contributed by atoms with Crippen molar-refractivity contribution in [3.63, 3.8) is 0 Å². The van der Waals surface area contributed by atoms with Crippen LogP contribution in [0.15, 0.2) is 71.1 Å². The standard InChI is InChI=1S/C29H33NO5/c1-6-34-23-13-9-20(10-14-23)27-26(29(32)35-17(2)3)18(4)30-24-15-21(16-25(31)28(24)27)19-7-11-22(33-5)12-8-19/h7-14,17,21,27,30H,6,15-16H2,1-5H3/t21-,27+/m1/s1. The van der Waals surface area contributed by atoms with Crippen LogP contribution in [0, 0.1) is 0 Å². The molecule has 0 aromatic heterocycles. The number of Topliss-reactive ketones (excluding diaryl/α,β-unsaturated/α-hetero) is 1. The molecule has 0 saturated carbocycles. The monoisotopic (exact) mass is 475 g/mol. The highest BCUT2D eigenvalue weighted by Gasteiger charge is 2.41. The van der Waals surface area contributed by atoms with Crippen molar-refractivity contribution in [2.45, 2.75) is 58.5 Å². The van der Waals surface area contributed by atoms with Crippen LogP contribution in [0.2, 0.25) is 0 Å². The lowest BCUT2D eigenvalue weighted by Gasteiger charge is -2.37. The summed E-state index contributed by atoms with van der Waals surface area (Å²) in [7, 11) is 1.64. The lowest BCUT2D eigenvalue weighted by molar-refractivity contribution is -0.143. The summed E-state index contributed by atoms with van der Waals surface area (Å²) in [4.78, 5) is 26.9. The fraction of sp³-hybridized carbons (Fsp3) is 0.379. The van der Waals surface area contributed by atoms with Gasteiger partial charge in [0.2, 0.25) is 0 Å². The van der Waals surface area contributed by atoms with Crippen LogP contribution in [0.5, 0.6) is 11.5 Å². The van der Waals surface area contributed by atoms with Crippen LogP contribution in [0.25, 0.3) is 0 Å². The third-order valence-electron chi connectivity index (χ3n) is 6.50. The molecule has 35 heavy (non-hydrogen) atoms. The SMILES string of the molecule is CCOc1ccc([C@H]2C(C(=O)OC(C)C)=C(C)NC3=C2C(=O)C[C@H](c2ccc(OC)cc2)C3)cc1. The molecule has 6 nitrogen and oxygen atoms in total. The van der Waals surface area contributed by atoms with Crippen molar-refractivity contribution >= 4 is 11.8 Å². The highest BCUT2D eigenvalue weighted by Crippen LogP contribution is 2.46. The van der Waals surface area contributed by atoms with Gasteiger partial charge < -0.3 is 19.5 Å². The van der Waals surface area contributed by atoms with Crippen molar-refractivity contribution in [3.05, 3.63) is 82.2 Å². The van der Waals surface area contributed by atoms with Crippen LogP contribution in [-0.4, -0.2) is 31.6 Å². The van der Waals surface area contributed by atoms with Crippen molar-refractivity contribution in [2.24, 2.45) is 0 Å². The number of carbonyl (C=O) groups excluding carboxylic acids is 2. The Morgan fingerprint density at radius 2 is 1.63 bits per heavy atom. The summed E-state index contributed by atoms with van der Waals surface area (Å²) in [6.07, 6.45) is 0.803. The van der Waals surface area contributed by atoms with E-state index in [1.165, 1.54) is 0 Å². The quantitative estimate of drug-likeness (QED) is 0.540. The number of carbonyl (C=O) groups is 2. The average molecular weight is 476 g/mol. The number of dihydropyridines is 1. The van der Waals surface area contributed by atoms with E-state index in [4.69, 9.17) is 14.2 Å². The van der Waals surface area contributed by atoms with Gasteiger partial charge in [-0.2, -0.15) is 0 Å². The minimum absolute atomic E-state index is 0.0424. The van der Waals surface area contributed by atoms with Crippen LogP contribution >= 0.6 is 0 Å². The van der Waals surface area contributed by atoms with E-state index in [0.29, 0.717) is 30.6 Å². The molecule has 6 heteroatoms. The lowest BCUT2D eigenvalue weighted by Crippen LogP contribution is -2.36. The van der Waals surface area contributed by atoms with Crippen molar-refractivity contribution in [1.29, 1.82) is 0 Å². The fourth-order valence-electron chi connectivity index (χ4n) is 4.96. The highest BCUT2D eigenvalue weighted by molar-refractivity contribution is 6.04. The number of ether oxygens (including phenoxy) is 3. The smallest absolute Gasteiger partial charge is 0.337 e. The van der Waals surface area contributed by atoms with E-state index in [1.807, 2.05) is 76.2 Å². The molecule has 0 saturated heterocycles. The Morgan fingerprint density at radius 3 is 2.23 bits per heavy atom. The second-order valence-corrected chi connectivity index (χ2v) is 9.25. The Labute approximate surface area is 207 Å². The minimum Gasteiger partial charge on any atom is -0.497 e. The van der Waals surface area contributed by atoms with Crippen LogP contribution in [0.3, 0.4) is 0 Å². The zero-order chi connectivity index (χ0) is 25.1. The average Bonchev–Trinajstić information content (AvgIpc) is 2.83. The molecule has 184 valence electrons. The van der Waals surface area contributed by atoms with Gasteiger partial charge in [-0.25, -0.2) is 4.79 Å². The van der Waals surface area contributed by atoms with Gasteiger partial charge in [-0.05, 0) is 75.4 Å². The van der Waals surface area contributed by atoms with Crippen molar-refractivity contribution in [3.8, 4) is 11.5 Å². The number of nitrogens with one attached hydrogen (secondary N) is 1. The van der Waals surface area contributed by atoms with Gasteiger partial charge in [0.05, 0.1) is 25.4 Å². The molecule has 0 spiro atoms. The first-order chi connectivity index (χ1) is 16.8. The zero-order valence-corrected chi connectivity index (χ0v) is 21.0. The van der Waals surface area contributed by atoms with E-state index >= 15 is 0 Å². The lowest BCUT2D eigenvalue weighted by atomic mass is 9.71. The van der Waals surface area contributed by atoms with E-state index in [1.54, 1.807) is 7.11 Å². The molecule has 1 aliphatic heterocycles. The summed E-state index contributed by atoms with van der Waals surface area (Å²) < 4.78 is 16.5. The summed E-state index contributed by atoms with van der Waals surface area (Å²) in [6.45, 7) is 8.03. The molecule has 2 aliphatic rings. The van der Waals surface area contributed by atoms with E-state index in [2.05, 4.69) is 5.32 Å². The van der Waals surface area contributed by atoms with Gasteiger partial charge in [-0.3, -0.25) is 4.79 Å². The maximum absolute atomic E-state index is 13.7. The minimum atomic E-state index is -0.488. The molecule has 1 heterocycles. The summed E-state index contributed by atoms with van der Waals surface area (Å²) in [6, 6.07) is 15.5. The molecule has 0 fully saturated rings. The third-order valence-corrected chi connectivity index (χ3v) is 6.50. The van der Waals surface area contributed by atoms with E-state index in [-0.39, 0.29) is 17.8 Å². The Balaban J connectivity index is 1.75. The molecule has 1 aliphatic carbocycles. The van der Waals surface area contributed by atoms with E-state index in [9.17, 15) is 9.59 Å². The predicted molar refractivity (Wildman–Crippen MR) is 134 cm³/mol. The topological polar surface area (TPSA) is 73.9 Å². The molecule has 0 unspecified atom stereocenters. The van der Waals surface area contributed by atoms with Crippen LogP contribution in [0.4, 0.5) is 0 Å². The Morgan fingerprint density at radius 1 is 1.00 bits per heavy atom. The van der Waals surface area contributed by atoms with E-state index < -0.39 is 11.9 Å². The van der Waals surface area contributed by atoms with Crippen molar-refractivity contribution < 1.29 is 23.8 Å². The number of methoxy groups -OCH3 is 1. The van der Waals surface area contributed by atoms with Gasteiger partial charge in [0, 0.05) is 29.3 Å². The number of benzene rings is 2. The summed E-state index contributed by atoms with van der Waals surface area (Å²) in [5, 5.41) is 3.39. The number of esters is 1. The number of hydrogen-bond acceptors (Lipinski definition) is 6. The fourth-order valence-corrected chi connectivity index (χ4v) is 4.96. The normalized spacial score (nSPS) is 19.9. The molecule has 4 rings (SSSR count). The first kappa shape index (κ1) is 24.6. The number of ketones is 1. The summed E-state index contributed by atoms with van der Waals surface area (Å²) >= 11 is 0. The first-order valence-corrected chi connectivity index (χ1v) is 12.1. The molecule has 2 aromatic carbocycles. The van der Waals surface area contributed by atoms with Gasteiger partial charge in [-0.1, -0.05) is 24.3 Å². The van der Waals surface area contributed by atoms with Gasteiger partial charge in [-0.15, -0.1) is 0 Å². The predicted octanol–water partition coefficient (Wildman–Crippen LogP) is 5.41. The summed E-state index contributed by atoms with van der Waals surface area (Å²) in [5.41, 5.74) is 4.69. The molecule has 0 bridgehead atoms. The van der Waals surface area contributed by atoms with Gasteiger partial charge in [0.15, 0.2) is 5.78 Å². The van der Waals surface area contributed by atoms with Crippen LogP contribution in [0.1, 0.15) is 63.5 Å². The maximum Gasteiger partial charge on any atom is 0.337 e. The molecule has 1 N–H and O–H groups in total. The second kappa shape index (κ2) is 10.4.